The van der Waals surface area contributed by atoms with Gasteiger partial charge in [-0.15, -0.1) is 0 Å². The summed E-state index contributed by atoms with van der Waals surface area (Å²) in [5, 5.41) is 1.90. The first-order valence-corrected chi connectivity index (χ1v) is 9.76. The van der Waals surface area contributed by atoms with Crippen molar-refractivity contribution >= 4 is 23.5 Å². The van der Waals surface area contributed by atoms with Crippen molar-refractivity contribution in [3.05, 3.63) is 64.1 Å². The van der Waals surface area contributed by atoms with E-state index in [2.05, 4.69) is 65.5 Å². The van der Waals surface area contributed by atoms with Crippen LogP contribution in [0.3, 0.4) is 0 Å². The fraction of sp³-hybridized carbons (Fsp3) is 0.333. The molecule has 0 spiro atoms. The molecule has 0 radical (unpaired) electrons. The molecule has 0 saturated carbocycles. The number of hydrogen-bond acceptors (Lipinski definition) is 2. The van der Waals surface area contributed by atoms with E-state index in [1.165, 1.54) is 42.5 Å². The highest BCUT2D eigenvalue weighted by molar-refractivity contribution is 8.02. The highest BCUT2D eigenvalue weighted by atomic mass is 32.2. The molecule has 0 bridgehead atoms. The topological polar surface area (TPSA) is 0 Å². The summed E-state index contributed by atoms with van der Waals surface area (Å²) >= 11 is 3.55. The quantitative estimate of drug-likeness (QED) is 0.522. The zero-order valence-electron chi connectivity index (χ0n) is 15.4. The van der Waals surface area contributed by atoms with E-state index in [0.717, 1.165) is 0 Å². The van der Waals surface area contributed by atoms with E-state index in [9.17, 15) is 0 Å². The molecule has 0 aliphatic rings. The van der Waals surface area contributed by atoms with Crippen LogP contribution < -0.4 is 0 Å². The standard InChI is InChI=1S/C19H22S2.C2H6/c1-7-20-19-14(4)10-18(11-15(19)5)21-17-8-12(2)16(6)13(3)9-17;1-2/h7-11H,1H2,2-6H3;1-2H3. The molecule has 0 aromatic heterocycles. The largest absolute Gasteiger partial charge is 0.0981 e. The zero-order valence-corrected chi connectivity index (χ0v) is 17.0. The van der Waals surface area contributed by atoms with Gasteiger partial charge in [0, 0.05) is 14.7 Å². The molecule has 0 nitrogen and oxygen atoms in total. The summed E-state index contributed by atoms with van der Waals surface area (Å²) in [5.74, 6) is 0. The fourth-order valence-corrected chi connectivity index (χ4v) is 4.30. The van der Waals surface area contributed by atoms with Gasteiger partial charge in [-0.2, -0.15) is 0 Å². The highest BCUT2D eigenvalue weighted by Gasteiger charge is 2.07. The van der Waals surface area contributed by atoms with Gasteiger partial charge in [0.15, 0.2) is 0 Å². The lowest BCUT2D eigenvalue weighted by atomic mass is 10.1. The Labute approximate surface area is 150 Å². The number of hydrogen-bond donors (Lipinski definition) is 0. The Kier molecular flexibility index (Phi) is 8.01. The van der Waals surface area contributed by atoms with Gasteiger partial charge in [-0.25, -0.2) is 0 Å². The molecule has 0 fully saturated rings. The predicted molar refractivity (Wildman–Crippen MR) is 108 cm³/mol. The highest BCUT2D eigenvalue weighted by Crippen LogP contribution is 2.35. The summed E-state index contributed by atoms with van der Waals surface area (Å²) < 4.78 is 0. The molecular weight excluding hydrogens is 316 g/mol. The van der Waals surface area contributed by atoms with Crippen molar-refractivity contribution in [2.75, 3.05) is 0 Å². The summed E-state index contributed by atoms with van der Waals surface area (Å²) in [6.45, 7) is 18.7. The molecule has 2 rings (SSSR count). The Hall–Kier alpha value is -1.12. The summed E-state index contributed by atoms with van der Waals surface area (Å²) in [6.07, 6.45) is 0. The zero-order chi connectivity index (χ0) is 17.6. The Morgan fingerprint density at radius 3 is 1.52 bits per heavy atom. The number of thioether (sulfide) groups is 1. The summed E-state index contributed by atoms with van der Waals surface area (Å²) in [5.41, 5.74) is 6.77. The van der Waals surface area contributed by atoms with Crippen LogP contribution in [-0.2, 0) is 0 Å². The lowest BCUT2D eigenvalue weighted by Crippen LogP contribution is -1.89. The van der Waals surface area contributed by atoms with Crippen LogP contribution in [-0.4, -0.2) is 0 Å². The van der Waals surface area contributed by atoms with Crippen molar-refractivity contribution in [3.8, 4) is 0 Å². The minimum Gasteiger partial charge on any atom is -0.0981 e. The van der Waals surface area contributed by atoms with Crippen LogP contribution in [0.2, 0.25) is 0 Å². The molecular formula is C21H28S2. The molecule has 0 atom stereocenters. The van der Waals surface area contributed by atoms with E-state index in [0.29, 0.717) is 0 Å². The van der Waals surface area contributed by atoms with Crippen LogP contribution in [0.1, 0.15) is 41.7 Å². The Balaban J connectivity index is 0.00000127. The third-order valence-electron chi connectivity index (χ3n) is 3.77. The first kappa shape index (κ1) is 19.9. The van der Waals surface area contributed by atoms with Crippen LogP contribution in [0.5, 0.6) is 0 Å². The molecule has 0 saturated heterocycles. The maximum absolute atomic E-state index is 3.81. The SMILES string of the molecule is C=CSc1c(C)cc(Sc2cc(C)c(C)c(C)c2)cc1C.CC. The third kappa shape index (κ3) is 5.19. The second-order valence-electron chi connectivity index (χ2n) is 5.45. The van der Waals surface area contributed by atoms with E-state index >= 15 is 0 Å². The van der Waals surface area contributed by atoms with Crippen molar-refractivity contribution in [2.24, 2.45) is 0 Å². The number of rotatable bonds is 4. The summed E-state index contributed by atoms with van der Waals surface area (Å²) in [6, 6.07) is 9.11. The van der Waals surface area contributed by atoms with Crippen LogP contribution in [0.4, 0.5) is 0 Å². The molecule has 0 N–H and O–H groups in total. The van der Waals surface area contributed by atoms with Gasteiger partial charge < -0.3 is 0 Å². The Bertz CT molecular complexity index is 638. The summed E-state index contributed by atoms with van der Waals surface area (Å²) in [7, 11) is 0. The minimum atomic E-state index is 1.31. The molecule has 0 aliphatic carbocycles. The second-order valence-corrected chi connectivity index (χ2v) is 7.58. The third-order valence-corrected chi connectivity index (χ3v) is 5.76. The molecule has 2 aromatic rings. The van der Waals surface area contributed by atoms with Gasteiger partial charge in [-0.3, -0.25) is 0 Å². The lowest BCUT2D eigenvalue weighted by Gasteiger charge is -2.12. The van der Waals surface area contributed by atoms with E-state index in [4.69, 9.17) is 0 Å². The number of aryl methyl sites for hydroxylation is 4. The van der Waals surface area contributed by atoms with E-state index in [1.54, 1.807) is 11.8 Å². The van der Waals surface area contributed by atoms with E-state index < -0.39 is 0 Å². The lowest BCUT2D eigenvalue weighted by molar-refractivity contribution is 1.16. The van der Waals surface area contributed by atoms with Crippen molar-refractivity contribution in [2.45, 2.75) is 63.2 Å². The molecule has 0 amide bonds. The van der Waals surface area contributed by atoms with Gasteiger partial charge in [0.2, 0.25) is 0 Å². The maximum atomic E-state index is 3.81. The van der Waals surface area contributed by atoms with E-state index in [-0.39, 0.29) is 0 Å². The molecule has 124 valence electrons. The molecule has 2 heteroatoms. The van der Waals surface area contributed by atoms with E-state index in [1.807, 2.05) is 31.0 Å². The van der Waals surface area contributed by atoms with Crippen molar-refractivity contribution in [3.63, 3.8) is 0 Å². The first-order chi connectivity index (χ1) is 10.9. The van der Waals surface area contributed by atoms with Crippen molar-refractivity contribution in [1.29, 1.82) is 0 Å². The van der Waals surface area contributed by atoms with Crippen LogP contribution >= 0.6 is 23.5 Å². The van der Waals surface area contributed by atoms with Crippen molar-refractivity contribution in [1.82, 2.24) is 0 Å². The van der Waals surface area contributed by atoms with Gasteiger partial charge in [-0.05, 0) is 92.1 Å². The normalized spacial score (nSPS) is 10.0. The fourth-order valence-electron chi connectivity index (χ4n) is 2.43. The Morgan fingerprint density at radius 1 is 0.739 bits per heavy atom. The van der Waals surface area contributed by atoms with Gasteiger partial charge in [0.1, 0.15) is 0 Å². The smallest absolute Gasteiger partial charge is 0.0175 e. The van der Waals surface area contributed by atoms with Crippen molar-refractivity contribution < 1.29 is 0 Å². The predicted octanol–water partition coefficient (Wildman–Crippen LogP) is 7.64. The van der Waals surface area contributed by atoms with Gasteiger partial charge in [0.25, 0.3) is 0 Å². The summed E-state index contributed by atoms with van der Waals surface area (Å²) in [4.78, 5) is 3.95. The second kappa shape index (κ2) is 9.24. The molecule has 0 aliphatic heterocycles. The van der Waals surface area contributed by atoms with Crippen LogP contribution in [0.15, 0.2) is 50.9 Å². The average molecular weight is 345 g/mol. The minimum absolute atomic E-state index is 1.31. The van der Waals surface area contributed by atoms with Crippen LogP contribution in [0, 0.1) is 34.6 Å². The van der Waals surface area contributed by atoms with Crippen LogP contribution in [0.25, 0.3) is 0 Å². The monoisotopic (exact) mass is 344 g/mol. The Morgan fingerprint density at radius 2 is 1.13 bits per heavy atom. The first-order valence-electron chi connectivity index (χ1n) is 8.07. The van der Waals surface area contributed by atoms with Gasteiger partial charge in [-0.1, -0.05) is 44.0 Å². The molecule has 23 heavy (non-hydrogen) atoms. The molecule has 2 aromatic carbocycles. The molecule has 0 heterocycles. The molecule has 0 unspecified atom stereocenters. The number of benzene rings is 2. The maximum Gasteiger partial charge on any atom is 0.0175 e. The average Bonchev–Trinajstić information content (AvgIpc) is 2.50. The van der Waals surface area contributed by atoms with Gasteiger partial charge >= 0.3 is 0 Å². The van der Waals surface area contributed by atoms with Gasteiger partial charge in [0.05, 0.1) is 0 Å².